The van der Waals surface area contributed by atoms with Gasteiger partial charge in [-0.1, -0.05) is 0 Å². The minimum atomic E-state index is -0.513. The van der Waals surface area contributed by atoms with Crippen molar-refractivity contribution in [3.63, 3.8) is 0 Å². The molecule has 0 aromatic carbocycles. The van der Waals surface area contributed by atoms with Gasteiger partial charge in [0.05, 0.1) is 12.7 Å². The molecule has 110 valence electrons. The molecule has 7 nitrogen and oxygen atoms in total. The number of aromatic nitrogens is 2. The van der Waals surface area contributed by atoms with Gasteiger partial charge in [-0.15, -0.1) is 0 Å². The molecule has 0 saturated heterocycles. The van der Waals surface area contributed by atoms with E-state index in [4.69, 9.17) is 0 Å². The highest BCUT2D eigenvalue weighted by atomic mass is 16.5. The highest BCUT2D eigenvalue weighted by Crippen LogP contribution is 2.22. The normalized spacial score (nSPS) is 10.2. The summed E-state index contributed by atoms with van der Waals surface area (Å²) in [6.45, 7) is 3.32. The third-order valence-corrected chi connectivity index (χ3v) is 3.07. The van der Waals surface area contributed by atoms with Gasteiger partial charge in [0.2, 0.25) is 0 Å². The van der Waals surface area contributed by atoms with Crippen LogP contribution in [0.2, 0.25) is 0 Å². The second kappa shape index (κ2) is 5.66. The molecule has 0 aliphatic rings. The number of pyridine rings is 1. The molecule has 0 spiro atoms. The SMILES string of the molecule is COC(=O)c1c(C)[nH]c(C(=O)Nc2ncccc2O)c1C. The molecule has 7 heteroatoms. The molecule has 2 aromatic heterocycles. The van der Waals surface area contributed by atoms with Gasteiger partial charge in [-0.05, 0) is 31.5 Å². The molecule has 2 heterocycles. The molecule has 21 heavy (non-hydrogen) atoms. The maximum atomic E-state index is 12.2. The molecule has 0 aliphatic carbocycles. The minimum absolute atomic E-state index is 0.0498. The first-order chi connectivity index (χ1) is 9.95. The number of aryl methyl sites for hydroxylation is 1. The molecule has 0 radical (unpaired) electrons. The predicted octanol–water partition coefficient (Wildman–Crippen LogP) is 1.77. The predicted molar refractivity (Wildman–Crippen MR) is 75.5 cm³/mol. The second-order valence-electron chi connectivity index (χ2n) is 4.44. The van der Waals surface area contributed by atoms with Crippen molar-refractivity contribution in [3.05, 3.63) is 40.8 Å². The topological polar surface area (TPSA) is 104 Å². The zero-order valence-electron chi connectivity index (χ0n) is 11.9. The Kier molecular flexibility index (Phi) is 3.93. The summed E-state index contributed by atoms with van der Waals surface area (Å²) < 4.78 is 4.69. The van der Waals surface area contributed by atoms with E-state index in [1.807, 2.05) is 0 Å². The van der Waals surface area contributed by atoms with E-state index >= 15 is 0 Å². The van der Waals surface area contributed by atoms with Gasteiger partial charge >= 0.3 is 5.97 Å². The molecule has 2 rings (SSSR count). The number of aromatic hydroxyl groups is 1. The second-order valence-corrected chi connectivity index (χ2v) is 4.44. The molecule has 0 fully saturated rings. The van der Waals surface area contributed by atoms with Gasteiger partial charge in [-0.2, -0.15) is 0 Å². The van der Waals surface area contributed by atoms with Gasteiger partial charge in [0.25, 0.3) is 5.91 Å². The van der Waals surface area contributed by atoms with Crippen LogP contribution in [-0.4, -0.2) is 34.1 Å². The van der Waals surface area contributed by atoms with Crippen molar-refractivity contribution >= 4 is 17.7 Å². The van der Waals surface area contributed by atoms with Gasteiger partial charge in [-0.3, -0.25) is 4.79 Å². The van der Waals surface area contributed by atoms with Gasteiger partial charge in [-0.25, -0.2) is 9.78 Å². The van der Waals surface area contributed by atoms with Crippen LogP contribution < -0.4 is 5.32 Å². The van der Waals surface area contributed by atoms with Gasteiger partial charge < -0.3 is 20.1 Å². The van der Waals surface area contributed by atoms with Crippen molar-refractivity contribution in [3.8, 4) is 5.75 Å². The zero-order valence-corrected chi connectivity index (χ0v) is 11.9. The van der Waals surface area contributed by atoms with Crippen LogP contribution in [0.1, 0.15) is 32.1 Å². The Bertz CT molecular complexity index is 706. The monoisotopic (exact) mass is 289 g/mol. The number of carbonyl (C=O) groups excluding carboxylic acids is 2. The number of nitrogens with one attached hydrogen (secondary N) is 2. The van der Waals surface area contributed by atoms with Crippen molar-refractivity contribution in [1.29, 1.82) is 0 Å². The molecule has 0 saturated carbocycles. The number of hydrogen-bond donors (Lipinski definition) is 3. The molecule has 0 unspecified atom stereocenters. The van der Waals surface area contributed by atoms with Crippen LogP contribution >= 0.6 is 0 Å². The largest absolute Gasteiger partial charge is 0.504 e. The van der Waals surface area contributed by atoms with E-state index in [1.165, 1.54) is 19.4 Å². The van der Waals surface area contributed by atoms with Gasteiger partial charge in [0.15, 0.2) is 11.6 Å². The zero-order chi connectivity index (χ0) is 15.6. The first-order valence-electron chi connectivity index (χ1n) is 6.18. The Balaban J connectivity index is 2.33. The highest BCUT2D eigenvalue weighted by Gasteiger charge is 2.23. The minimum Gasteiger partial charge on any atom is -0.504 e. The molecular weight excluding hydrogens is 274 g/mol. The average molecular weight is 289 g/mol. The van der Waals surface area contributed by atoms with E-state index in [9.17, 15) is 14.7 Å². The van der Waals surface area contributed by atoms with Crippen molar-refractivity contribution in [1.82, 2.24) is 9.97 Å². The fraction of sp³-hybridized carbons (Fsp3) is 0.214. The summed E-state index contributed by atoms with van der Waals surface area (Å²) in [5.74, 6) is -1.10. The van der Waals surface area contributed by atoms with Crippen molar-refractivity contribution in [2.24, 2.45) is 0 Å². The van der Waals surface area contributed by atoms with Gasteiger partial charge in [0, 0.05) is 11.9 Å². The van der Waals surface area contributed by atoms with Crippen molar-refractivity contribution in [2.75, 3.05) is 12.4 Å². The fourth-order valence-electron chi connectivity index (χ4n) is 2.05. The molecule has 0 bridgehead atoms. The number of methoxy groups -OCH3 is 1. The summed E-state index contributed by atoms with van der Waals surface area (Å²) >= 11 is 0. The number of rotatable bonds is 3. The first-order valence-corrected chi connectivity index (χ1v) is 6.18. The lowest BCUT2D eigenvalue weighted by Crippen LogP contribution is -2.15. The molecule has 2 aromatic rings. The number of ether oxygens (including phenoxy) is 1. The number of amides is 1. The number of hydrogen-bond acceptors (Lipinski definition) is 5. The lowest BCUT2D eigenvalue weighted by molar-refractivity contribution is 0.0599. The summed E-state index contributed by atoms with van der Waals surface area (Å²) in [4.78, 5) is 30.6. The molecule has 1 amide bonds. The number of esters is 1. The Hall–Kier alpha value is -2.83. The summed E-state index contributed by atoms with van der Waals surface area (Å²) in [6.07, 6.45) is 1.45. The molecule has 0 atom stereocenters. The van der Waals surface area contributed by atoms with Crippen LogP contribution in [0.25, 0.3) is 0 Å². The Morgan fingerprint density at radius 3 is 2.71 bits per heavy atom. The summed E-state index contributed by atoms with van der Waals surface area (Å²) in [6, 6.07) is 2.96. The van der Waals surface area contributed by atoms with E-state index in [-0.39, 0.29) is 17.3 Å². The van der Waals surface area contributed by atoms with Crippen molar-refractivity contribution < 1.29 is 19.4 Å². The molecule has 0 aliphatic heterocycles. The van der Waals surface area contributed by atoms with Gasteiger partial charge in [0.1, 0.15) is 5.69 Å². The number of carbonyl (C=O) groups is 2. The van der Waals surface area contributed by atoms with Crippen LogP contribution in [-0.2, 0) is 4.74 Å². The molecular formula is C14H15N3O4. The number of anilines is 1. The van der Waals surface area contributed by atoms with Crippen LogP contribution in [0.3, 0.4) is 0 Å². The summed E-state index contributed by atoms with van der Waals surface area (Å²) in [5, 5.41) is 12.1. The fourth-order valence-corrected chi connectivity index (χ4v) is 2.05. The third kappa shape index (κ3) is 2.71. The lowest BCUT2D eigenvalue weighted by Gasteiger charge is -2.05. The van der Waals surface area contributed by atoms with Crippen LogP contribution in [0.4, 0.5) is 5.82 Å². The third-order valence-electron chi connectivity index (χ3n) is 3.07. The molecule has 3 N–H and O–H groups in total. The van der Waals surface area contributed by atoms with E-state index in [0.29, 0.717) is 16.8 Å². The summed E-state index contributed by atoms with van der Waals surface area (Å²) in [7, 11) is 1.28. The number of aromatic amines is 1. The number of nitrogens with zero attached hydrogens (tertiary/aromatic N) is 1. The Labute approximate surface area is 121 Å². The Morgan fingerprint density at radius 2 is 2.10 bits per heavy atom. The standard InChI is InChI=1S/C14H15N3O4/c1-7-10(14(20)21-3)8(2)16-11(7)13(19)17-12-9(18)5-4-6-15-12/h4-6,16,18H,1-3H3,(H,15,17,19). The average Bonchev–Trinajstić information content (AvgIpc) is 2.76. The van der Waals surface area contributed by atoms with E-state index in [1.54, 1.807) is 19.9 Å². The quantitative estimate of drug-likeness (QED) is 0.747. The first kappa shape index (κ1) is 14.6. The van der Waals surface area contributed by atoms with Crippen molar-refractivity contribution in [2.45, 2.75) is 13.8 Å². The maximum absolute atomic E-state index is 12.2. The lowest BCUT2D eigenvalue weighted by atomic mass is 10.1. The van der Waals surface area contributed by atoms with E-state index < -0.39 is 11.9 Å². The van der Waals surface area contributed by atoms with Crippen LogP contribution in [0, 0.1) is 13.8 Å². The van der Waals surface area contributed by atoms with Crippen LogP contribution in [0.15, 0.2) is 18.3 Å². The Morgan fingerprint density at radius 1 is 1.38 bits per heavy atom. The van der Waals surface area contributed by atoms with E-state index in [2.05, 4.69) is 20.0 Å². The van der Waals surface area contributed by atoms with Crippen LogP contribution in [0.5, 0.6) is 5.75 Å². The highest BCUT2D eigenvalue weighted by molar-refractivity contribution is 6.06. The number of H-pyrrole nitrogens is 1. The maximum Gasteiger partial charge on any atom is 0.339 e. The smallest absolute Gasteiger partial charge is 0.339 e. The summed E-state index contributed by atoms with van der Waals surface area (Å²) in [5.41, 5.74) is 1.56. The van der Waals surface area contributed by atoms with E-state index in [0.717, 1.165) is 0 Å².